The van der Waals surface area contributed by atoms with E-state index >= 15 is 0 Å². The van der Waals surface area contributed by atoms with E-state index in [4.69, 9.17) is 18.6 Å². The van der Waals surface area contributed by atoms with Gasteiger partial charge in [-0.1, -0.05) is 69.1 Å². The Labute approximate surface area is 211 Å². The first kappa shape index (κ1) is 28.5. The van der Waals surface area contributed by atoms with E-state index in [1.54, 1.807) is 6.07 Å². The molecule has 0 fully saturated rings. The van der Waals surface area contributed by atoms with Gasteiger partial charge >= 0.3 is 5.63 Å². The molecule has 0 unspecified atom stereocenters. The quantitative estimate of drug-likeness (QED) is 0.128. The summed E-state index contributed by atoms with van der Waals surface area (Å²) in [7, 11) is 1.54. The minimum atomic E-state index is -0.551. The SMILES string of the molecule is CCCCCCCCCCOc1ccc2c(OC)c(OCC=C(C)CCC=C(C)C)c(=O)oc2c1. The molecule has 194 valence electrons. The van der Waals surface area contributed by atoms with Crippen LogP contribution in [0.4, 0.5) is 0 Å². The lowest BCUT2D eigenvalue weighted by Gasteiger charge is -2.12. The Morgan fingerprint density at radius 1 is 0.914 bits per heavy atom. The highest BCUT2D eigenvalue weighted by atomic mass is 16.5. The molecule has 5 nitrogen and oxygen atoms in total. The van der Waals surface area contributed by atoms with Gasteiger partial charge in [0.25, 0.3) is 0 Å². The number of hydrogen-bond donors (Lipinski definition) is 0. The predicted octanol–water partition coefficient (Wildman–Crippen LogP) is 8.39. The fraction of sp³-hybridized carbons (Fsp3) is 0.567. The molecule has 0 saturated carbocycles. The molecule has 1 heterocycles. The van der Waals surface area contributed by atoms with Crippen LogP contribution in [-0.2, 0) is 0 Å². The summed E-state index contributed by atoms with van der Waals surface area (Å²) in [6, 6.07) is 5.49. The largest absolute Gasteiger partial charge is 0.493 e. The first-order chi connectivity index (χ1) is 17.0. The smallest absolute Gasteiger partial charge is 0.383 e. The highest BCUT2D eigenvalue weighted by Gasteiger charge is 2.17. The van der Waals surface area contributed by atoms with E-state index in [0.717, 1.165) is 19.3 Å². The van der Waals surface area contributed by atoms with E-state index in [1.165, 1.54) is 63.2 Å². The Kier molecular flexibility index (Phi) is 13.1. The van der Waals surface area contributed by atoms with Crippen LogP contribution in [0.5, 0.6) is 17.2 Å². The van der Waals surface area contributed by atoms with Crippen molar-refractivity contribution in [2.24, 2.45) is 0 Å². The highest BCUT2D eigenvalue weighted by molar-refractivity contribution is 5.86. The summed E-state index contributed by atoms with van der Waals surface area (Å²) in [4.78, 5) is 12.6. The van der Waals surface area contributed by atoms with Crippen molar-refractivity contribution in [1.82, 2.24) is 0 Å². The summed E-state index contributed by atoms with van der Waals surface area (Å²) >= 11 is 0. The average molecular weight is 485 g/mol. The minimum absolute atomic E-state index is 0.0981. The Hall–Kier alpha value is -2.69. The van der Waals surface area contributed by atoms with E-state index < -0.39 is 5.63 Å². The maximum Gasteiger partial charge on any atom is 0.383 e. The molecule has 2 aromatic rings. The second-order valence-corrected chi connectivity index (χ2v) is 9.41. The third-order valence-corrected chi connectivity index (χ3v) is 6.01. The zero-order valence-electron chi connectivity index (χ0n) is 22.4. The Balaban J connectivity index is 1.93. The van der Waals surface area contributed by atoms with Crippen LogP contribution in [0, 0.1) is 0 Å². The number of hydrogen-bond acceptors (Lipinski definition) is 5. The predicted molar refractivity (Wildman–Crippen MR) is 145 cm³/mol. The fourth-order valence-electron chi connectivity index (χ4n) is 3.94. The van der Waals surface area contributed by atoms with E-state index in [9.17, 15) is 4.79 Å². The lowest BCUT2D eigenvalue weighted by atomic mass is 10.1. The number of rotatable bonds is 17. The van der Waals surface area contributed by atoms with Crippen molar-refractivity contribution < 1.29 is 18.6 Å². The number of ether oxygens (including phenoxy) is 3. The van der Waals surface area contributed by atoms with E-state index in [-0.39, 0.29) is 12.4 Å². The normalized spacial score (nSPS) is 11.5. The van der Waals surface area contributed by atoms with E-state index in [1.807, 2.05) is 18.2 Å². The van der Waals surface area contributed by atoms with Gasteiger partial charge in [-0.25, -0.2) is 4.79 Å². The molecule has 5 heteroatoms. The van der Waals surface area contributed by atoms with Gasteiger partial charge in [0.1, 0.15) is 17.9 Å². The molecule has 0 aliphatic rings. The third kappa shape index (κ3) is 10.2. The lowest BCUT2D eigenvalue weighted by Crippen LogP contribution is -2.09. The van der Waals surface area contributed by atoms with Crippen LogP contribution in [0.25, 0.3) is 11.0 Å². The van der Waals surface area contributed by atoms with Gasteiger partial charge in [-0.05, 0) is 58.2 Å². The minimum Gasteiger partial charge on any atom is -0.493 e. The van der Waals surface area contributed by atoms with Gasteiger partial charge in [0, 0.05) is 6.07 Å². The van der Waals surface area contributed by atoms with Gasteiger partial charge in [0.05, 0.1) is 19.1 Å². The second-order valence-electron chi connectivity index (χ2n) is 9.41. The van der Waals surface area contributed by atoms with Crippen molar-refractivity contribution in [2.75, 3.05) is 20.3 Å². The van der Waals surface area contributed by atoms with Crippen molar-refractivity contribution >= 4 is 11.0 Å². The molecular formula is C30H44O5. The first-order valence-electron chi connectivity index (χ1n) is 13.2. The maximum absolute atomic E-state index is 12.6. The summed E-state index contributed by atoms with van der Waals surface area (Å²) in [6.07, 6.45) is 16.2. The van der Waals surface area contributed by atoms with Gasteiger partial charge in [-0.15, -0.1) is 0 Å². The summed E-state index contributed by atoms with van der Waals surface area (Å²) in [5, 5.41) is 0.686. The number of benzene rings is 1. The standard InChI is InChI=1S/C30H44O5/c1-6-7-8-9-10-11-12-13-20-33-25-17-18-26-27(22-25)35-30(31)29(28(26)32-5)34-21-19-24(4)16-14-15-23(2)3/h15,17-19,22H,6-14,16,20-21H2,1-5H3. The second kappa shape index (κ2) is 16.1. The topological polar surface area (TPSA) is 57.9 Å². The van der Waals surface area contributed by atoms with Crippen LogP contribution in [0.3, 0.4) is 0 Å². The molecule has 0 amide bonds. The van der Waals surface area contributed by atoms with E-state index in [0.29, 0.717) is 29.1 Å². The van der Waals surface area contributed by atoms with Gasteiger partial charge in [0.15, 0.2) is 5.75 Å². The molecule has 0 saturated heterocycles. The van der Waals surface area contributed by atoms with Crippen LogP contribution in [0.2, 0.25) is 0 Å². The number of fused-ring (bicyclic) bond motifs is 1. The summed E-state index contributed by atoms with van der Waals surface area (Å²) in [5.74, 6) is 1.18. The third-order valence-electron chi connectivity index (χ3n) is 6.01. The number of unbranched alkanes of at least 4 members (excludes halogenated alkanes) is 7. The number of methoxy groups -OCH3 is 1. The highest BCUT2D eigenvalue weighted by Crippen LogP contribution is 2.34. The molecule has 35 heavy (non-hydrogen) atoms. The van der Waals surface area contributed by atoms with Crippen molar-refractivity contribution in [3.8, 4) is 17.2 Å². The summed E-state index contributed by atoms with van der Waals surface area (Å²) in [6.45, 7) is 9.44. The maximum atomic E-state index is 12.6. The van der Waals surface area contributed by atoms with Crippen molar-refractivity contribution in [3.63, 3.8) is 0 Å². The summed E-state index contributed by atoms with van der Waals surface area (Å²) < 4.78 is 22.8. The molecule has 0 aliphatic carbocycles. The Bertz CT molecular complexity index is 1010. The molecule has 1 aromatic heterocycles. The van der Waals surface area contributed by atoms with Crippen molar-refractivity contribution in [1.29, 1.82) is 0 Å². The first-order valence-corrected chi connectivity index (χ1v) is 13.2. The molecule has 0 N–H and O–H groups in total. The van der Waals surface area contributed by atoms with Gasteiger partial charge in [-0.3, -0.25) is 0 Å². The van der Waals surface area contributed by atoms with E-state index in [2.05, 4.69) is 33.8 Å². The van der Waals surface area contributed by atoms with Crippen LogP contribution in [-0.4, -0.2) is 20.3 Å². The monoisotopic (exact) mass is 484 g/mol. The Morgan fingerprint density at radius 3 is 2.31 bits per heavy atom. The molecule has 0 bridgehead atoms. The zero-order valence-corrected chi connectivity index (χ0v) is 22.4. The molecule has 0 aliphatic heterocycles. The molecular weight excluding hydrogens is 440 g/mol. The van der Waals surface area contributed by atoms with Gasteiger partial charge < -0.3 is 18.6 Å². The van der Waals surface area contributed by atoms with Gasteiger partial charge in [-0.2, -0.15) is 0 Å². The molecule has 0 radical (unpaired) electrons. The molecule has 0 atom stereocenters. The van der Waals surface area contributed by atoms with Crippen LogP contribution in [0.15, 0.2) is 50.7 Å². The lowest BCUT2D eigenvalue weighted by molar-refractivity contribution is 0.302. The fourth-order valence-corrected chi connectivity index (χ4v) is 3.94. The van der Waals surface area contributed by atoms with Crippen molar-refractivity contribution in [3.05, 3.63) is 51.9 Å². The molecule has 2 rings (SSSR count). The molecule has 0 spiro atoms. The number of allylic oxidation sites excluding steroid dienone is 3. The van der Waals surface area contributed by atoms with Crippen LogP contribution >= 0.6 is 0 Å². The van der Waals surface area contributed by atoms with Gasteiger partial charge in [0.2, 0.25) is 5.75 Å². The zero-order chi connectivity index (χ0) is 25.5. The molecule has 1 aromatic carbocycles. The Morgan fingerprint density at radius 2 is 1.63 bits per heavy atom. The average Bonchev–Trinajstić information content (AvgIpc) is 2.83. The summed E-state index contributed by atoms with van der Waals surface area (Å²) in [5.41, 5.74) is 2.41. The van der Waals surface area contributed by atoms with Crippen LogP contribution in [0.1, 0.15) is 91.9 Å². The van der Waals surface area contributed by atoms with Crippen molar-refractivity contribution in [2.45, 2.75) is 91.9 Å². The van der Waals surface area contributed by atoms with Crippen LogP contribution < -0.4 is 19.8 Å².